The minimum absolute atomic E-state index is 0. The Bertz CT molecular complexity index is 333. The van der Waals surface area contributed by atoms with E-state index < -0.39 is 0 Å². The van der Waals surface area contributed by atoms with Gasteiger partial charge in [0, 0.05) is 18.2 Å². The highest BCUT2D eigenvalue weighted by Gasteiger charge is 2.11. The summed E-state index contributed by atoms with van der Waals surface area (Å²) in [5.41, 5.74) is 1.54. The van der Waals surface area contributed by atoms with Crippen molar-refractivity contribution in [2.75, 3.05) is 0 Å². The van der Waals surface area contributed by atoms with Gasteiger partial charge in [0.05, 0.1) is 5.69 Å². The van der Waals surface area contributed by atoms with E-state index in [1.54, 1.807) is 12.3 Å². The second kappa shape index (κ2) is 2.31. The predicted molar refractivity (Wildman–Crippen MR) is 43.3 cm³/mol. The molecule has 0 fully saturated rings. The first kappa shape index (κ1) is 6.28. The van der Waals surface area contributed by atoms with Gasteiger partial charge in [-0.25, -0.2) is 0 Å². The molecule has 1 aliphatic carbocycles. The van der Waals surface area contributed by atoms with Crippen LogP contribution in [0, 0.1) is 0 Å². The van der Waals surface area contributed by atoms with Gasteiger partial charge in [0.1, 0.15) is 0 Å². The number of fused-ring (bicyclic) bond motifs is 1. The second-order valence-electron chi connectivity index (χ2n) is 2.47. The summed E-state index contributed by atoms with van der Waals surface area (Å²) < 4.78 is 0. The van der Waals surface area contributed by atoms with Crippen LogP contribution < -0.4 is 0 Å². The van der Waals surface area contributed by atoms with Crippen LogP contribution in [0.5, 0.6) is 0 Å². The number of carbonyl (C=O) groups excluding carboxylic acids is 1. The van der Waals surface area contributed by atoms with Crippen LogP contribution in [0.1, 0.15) is 23.9 Å². The molecule has 1 aromatic heterocycles. The Kier molecular flexibility index (Phi) is 1.32. The number of rotatable bonds is 0. The van der Waals surface area contributed by atoms with Crippen molar-refractivity contribution in [1.82, 2.24) is 4.98 Å². The molecule has 2 rings (SSSR count). The second-order valence-corrected chi connectivity index (χ2v) is 2.47. The van der Waals surface area contributed by atoms with E-state index in [2.05, 4.69) is 4.98 Å². The van der Waals surface area contributed by atoms with Crippen LogP contribution in [-0.4, -0.2) is 10.8 Å². The number of hydrogen-bond donors (Lipinski definition) is 0. The average Bonchev–Trinajstić information content (AvgIpc) is 2.06. The first-order valence-corrected chi connectivity index (χ1v) is 3.53. The van der Waals surface area contributed by atoms with E-state index in [4.69, 9.17) is 0 Å². The van der Waals surface area contributed by atoms with E-state index in [0.717, 1.165) is 11.3 Å². The molecule has 1 heterocycles. The van der Waals surface area contributed by atoms with Crippen molar-refractivity contribution < 1.29 is 6.22 Å². The zero-order valence-electron chi connectivity index (χ0n) is 6.95. The molecule has 0 aromatic carbocycles. The van der Waals surface area contributed by atoms with Crippen LogP contribution in [0.15, 0.2) is 24.4 Å². The van der Waals surface area contributed by atoms with E-state index in [-0.39, 0.29) is 7.21 Å². The number of pyridine rings is 1. The summed E-state index contributed by atoms with van der Waals surface area (Å²) in [5.74, 6) is 0.163. The number of hydrogen-bond acceptors (Lipinski definition) is 2. The Morgan fingerprint density at radius 1 is 1.55 bits per heavy atom. The smallest absolute Gasteiger partial charge is 0.294 e. The third-order valence-electron chi connectivity index (χ3n) is 1.72. The van der Waals surface area contributed by atoms with Gasteiger partial charge in [0.25, 0.3) is 0 Å². The number of nitrogens with zero attached hydrogens (tertiary/aromatic N) is 1. The predicted octanol–water partition coefficient (Wildman–Crippen LogP) is 1.79. The molecular weight excluding hydrogens is 138 g/mol. The van der Waals surface area contributed by atoms with Gasteiger partial charge in [-0.3, -0.25) is 9.78 Å². The Balaban J connectivity index is 0.000000720. The molecule has 2 nitrogen and oxygen atoms in total. The van der Waals surface area contributed by atoms with Gasteiger partial charge in [0.15, 0.2) is 5.78 Å². The lowest BCUT2D eigenvalue weighted by atomic mass is 10.0. The Hall–Kier alpha value is -1.44. The Labute approximate surface area is 66.1 Å². The molecule has 0 atom stereocenters. The molecule has 0 aliphatic heterocycles. The minimum Gasteiger partial charge on any atom is -0.294 e. The number of carbonyl (C=O) groups is 1. The fraction of sp³-hybridized carbons (Fsp3) is 0.111. The van der Waals surface area contributed by atoms with E-state index in [9.17, 15) is 4.79 Å². The maximum Gasteiger partial charge on any atom is 1.00 e. The van der Waals surface area contributed by atoms with Crippen molar-refractivity contribution in [2.24, 2.45) is 0 Å². The summed E-state index contributed by atoms with van der Waals surface area (Å²) in [6.07, 6.45) is 5.94. The fourth-order valence-electron chi connectivity index (χ4n) is 1.17. The van der Waals surface area contributed by atoms with Crippen LogP contribution in [0.25, 0.3) is 6.08 Å². The number of aromatic nitrogens is 1. The van der Waals surface area contributed by atoms with Crippen molar-refractivity contribution >= 4 is 11.9 Å². The van der Waals surface area contributed by atoms with Crippen LogP contribution in [0.2, 0.25) is 0 Å². The molecule has 0 amide bonds. The fourth-order valence-corrected chi connectivity index (χ4v) is 1.17. The highest BCUT2D eigenvalue weighted by Crippen LogP contribution is 2.15. The lowest BCUT2D eigenvalue weighted by Crippen LogP contribution is -2.04. The molecule has 0 radical (unpaired) electrons. The Morgan fingerprint density at radius 3 is 3.27 bits per heavy atom. The summed E-state index contributed by atoms with van der Waals surface area (Å²) in [6, 6.07) is 3.60. The van der Waals surface area contributed by atoms with Crippen LogP contribution in [0.4, 0.5) is 0 Å². The van der Waals surface area contributed by atoms with Gasteiger partial charge in [-0.05, 0) is 18.2 Å². The number of ketones is 1. The molecule has 54 valence electrons. The van der Waals surface area contributed by atoms with Crippen molar-refractivity contribution in [3.63, 3.8) is 0 Å². The van der Waals surface area contributed by atoms with Gasteiger partial charge in [0.2, 0.25) is 0 Å². The molecule has 0 saturated heterocycles. The third-order valence-corrected chi connectivity index (χ3v) is 1.72. The maximum absolute atomic E-state index is 11.2. The van der Waals surface area contributed by atoms with Gasteiger partial charge in [-0.15, -0.1) is 0 Å². The molecule has 1 aliphatic rings. The van der Waals surface area contributed by atoms with E-state index >= 15 is 0 Å². The molecule has 0 spiro atoms. The monoisotopic (exact) mass is 146 g/mol. The summed E-state index contributed by atoms with van der Waals surface area (Å²) in [6.45, 7) is 0. The standard InChI is InChI=1S/C9H7NO/c11-9-5-1-4-8-7(9)3-2-6-10-8/h1-4,6H,5H2/p+1. The normalized spacial score (nSPS) is 14.7. The quantitative estimate of drug-likeness (QED) is 0.558. The van der Waals surface area contributed by atoms with Crippen molar-refractivity contribution in [2.45, 2.75) is 6.42 Å². The molecule has 0 N–H and O–H groups in total. The zero-order chi connectivity index (χ0) is 7.68. The molecule has 0 bridgehead atoms. The SMILES string of the molecule is O=C1CC=Cc2ncccc21.[H+]. The van der Waals surface area contributed by atoms with Gasteiger partial charge in [-0.2, -0.15) is 0 Å². The molecular formula is C9H8NO+. The zero-order valence-corrected chi connectivity index (χ0v) is 5.95. The largest absolute Gasteiger partial charge is 1.00 e. The summed E-state index contributed by atoms with van der Waals surface area (Å²) in [7, 11) is 0. The van der Waals surface area contributed by atoms with Crippen molar-refractivity contribution in [3.05, 3.63) is 35.7 Å². The third kappa shape index (κ3) is 0.963. The topological polar surface area (TPSA) is 30.0 Å². The van der Waals surface area contributed by atoms with Gasteiger partial charge >= 0.3 is 1.43 Å². The molecule has 0 unspecified atom stereocenters. The summed E-state index contributed by atoms with van der Waals surface area (Å²) in [4.78, 5) is 15.3. The average molecular weight is 146 g/mol. The molecule has 2 heteroatoms. The maximum atomic E-state index is 11.2. The number of allylic oxidation sites excluding steroid dienone is 1. The van der Waals surface area contributed by atoms with Crippen LogP contribution in [0.3, 0.4) is 0 Å². The summed E-state index contributed by atoms with van der Waals surface area (Å²) in [5, 5.41) is 0. The van der Waals surface area contributed by atoms with Crippen LogP contribution in [-0.2, 0) is 0 Å². The van der Waals surface area contributed by atoms with Gasteiger partial charge in [-0.1, -0.05) is 6.08 Å². The van der Waals surface area contributed by atoms with E-state index in [1.165, 1.54) is 0 Å². The highest BCUT2D eigenvalue weighted by atomic mass is 16.1. The highest BCUT2D eigenvalue weighted by molar-refractivity contribution is 6.01. The molecule has 11 heavy (non-hydrogen) atoms. The number of Topliss-reactive ketones (excluding diaryl/α,β-unsaturated/α-hetero) is 1. The lowest BCUT2D eigenvalue weighted by Gasteiger charge is -2.05. The van der Waals surface area contributed by atoms with Crippen molar-refractivity contribution in [1.29, 1.82) is 0 Å². The molecule has 0 saturated carbocycles. The van der Waals surface area contributed by atoms with Gasteiger partial charge < -0.3 is 0 Å². The van der Waals surface area contributed by atoms with Crippen molar-refractivity contribution in [3.8, 4) is 0 Å². The molecule has 1 aromatic rings. The van der Waals surface area contributed by atoms with Crippen LogP contribution >= 0.6 is 0 Å². The Morgan fingerprint density at radius 2 is 2.45 bits per heavy atom. The van der Waals surface area contributed by atoms with E-state index in [0.29, 0.717) is 6.42 Å². The first-order valence-electron chi connectivity index (χ1n) is 3.53. The minimum atomic E-state index is 0. The van der Waals surface area contributed by atoms with E-state index in [1.807, 2.05) is 18.2 Å². The summed E-state index contributed by atoms with van der Waals surface area (Å²) >= 11 is 0. The lowest BCUT2D eigenvalue weighted by molar-refractivity contribution is 0.0994. The first-order chi connectivity index (χ1) is 5.38.